The minimum atomic E-state index is -0.196. The maximum Gasteiger partial charge on any atom is 0.256 e. The predicted octanol–water partition coefficient (Wildman–Crippen LogP) is 3.99. The first-order valence-corrected chi connectivity index (χ1v) is 8.36. The molecule has 5 nitrogen and oxygen atoms in total. The molecular weight excluding hydrogens is 322 g/mol. The number of pyridine rings is 1. The number of thiazole rings is 1. The largest absolute Gasteiger partial charge is 0.487 e. The highest BCUT2D eigenvalue weighted by atomic mass is 32.1. The molecule has 0 bridgehead atoms. The van der Waals surface area contributed by atoms with E-state index in [2.05, 4.69) is 15.3 Å². The van der Waals surface area contributed by atoms with Gasteiger partial charge in [-0.3, -0.25) is 4.79 Å². The summed E-state index contributed by atoms with van der Waals surface area (Å²) < 4.78 is 5.68. The van der Waals surface area contributed by atoms with E-state index in [1.54, 1.807) is 41.8 Å². The maximum absolute atomic E-state index is 12.3. The Balaban J connectivity index is 1.61. The van der Waals surface area contributed by atoms with Crippen molar-refractivity contribution < 1.29 is 9.53 Å². The van der Waals surface area contributed by atoms with Crippen LogP contribution in [0.3, 0.4) is 0 Å². The fourth-order valence-electron chi connectivity index (χ4n) is 2.13. The van der Waals surface area contributed by atoms with Crippen molar-refractivity contribution in [3.05, 3.63) is 69.8 Å². The van der Waals surface area contributed by atoms with Gasteiger partial charge >= 0.3 is 0 Å². The standard InChI is InChI=1S/C18H17N3O2S/c1-12-4-3-9-19-17(12)21-18(22)14-5-7-16(8-6-14)23-10-15-11-24-13(2)20-15/h3-9,11H,10H2,1-2H3,(H,19,21,22). The topological polar surface area (TPSA) is 64.1 Å². The number of carbonyl (C=O) groups excluding carboxylic acids is 1. The Morgan fingerprint density at radius 2 is 2.00 bits per heavy atom. The number of hydrogen-bond donors (Lipinski definition) is 1. The molecule has 0 unspecified atom stereocenters. The summed E-state index contributed by atoms with van der Waals surface area (Å²) >= 11 is 1.60. The first kappa shape index (κ1) is 16.1. The van der Waals surface area contributed by atoms with Gasteiger partial charge in [0.2, 0.25) is 0 Å². The molecule has 1 aromatic carbocycles. The number of aryl methyl sites for hydroxylation is 2. The molecule has 122 valence electrons. The molecule has 0 aliphatic rings. The Hall–Kier alpha value is -2.73. The lowest BCUT2D eigenvalue weighted by Gasteiger charge is -2.08. The van der Waals surface area contributed by atoms with Crippen LogP contribution >= 0.6 is 11.3 Å². The number of carbonyl (C=O) groups is 1. The quantitative estimate of drug-likeness (QED) is 0.763. The maximum atomic E-state index is 12.3. The normalized spacial score (nSPS) is 10.4. The average Bonchev–Trinajstić information content (AvgIpc) is 3.01. The smallest absolute Gasteiger partial charge is 0.256 e. The van der Waals surface area contributed by atoms with Crippen LogP contribution in [0.1, 0.15) is 26.6 Å². The number of anilines is 1. The number of nitrogens with one attached hydrogen (secondary N) is 1. The van der Waals surface area contributed by atoms with Crippen molar-refractivity contribution in [1.82, 2.24) is 9.97 Å². The van der Waals surface area contributed by atoms with Crippen LogP contribution in [0.4, 0.5) is 5.82 Å². The van der Waals surface area contributed by atoms with Gasteiger partial charge in [0.25, 0.3) is 5.91 Å². The lowest BCUT2D eigenvalue weighted by molar-refractivity contribution is 0.102. The molecule has 2 heterocycles. The van der Waals surface area contributed by atoms with Crippen LogP contribution in [0.15, 0.2) is 48.0 Å². The monoisotopic (exact) mass is 339 g/mol. The Morgan fingerprint density at radius 3 is 2.67 bits per heavy atom. The molecule has 0 saturated carbocycles. The lowest BCUT2D eigenvalue weighted by Crippen LogP contribution is -2.13. The third kappa shape index (κ3) is 3.97. The second kappa shape index (κ2) is 7.23. The second-order valence-corrected chi connectivity index (χ2v) is 6.36. The summed E-state index contributed by atoms with van der Waals surface area (Å²) in [5, 5.41) is 5.80. The molecule has 24 heavy (non-hydrogen) atoms. The fraction of sp³-hybridized carbons (Fsp3) is 0.167. The highest BCUT2D eigenvalue weighted by molar-refractivity contribution is 7.09. The van der Waals surface area contributed by atoms with Crippen molar-refractivity contribution in [2.45, 2.75) is 20.5 Å². The third-order valence-corrected chi connectivity index (χ3v) is 4.23. The molecule has 0 saturated heterocycles. The molecule has 0 spiro atoms. The number of ether oxygens (including phenoxy) is 1. The van der Waals surface area contributed by atoms with E-state index in [-0.39, 0.29) is 5.91 Å². The molecule has 2 aromatic heterocycles. The van der Waals surface area contributed by atoms with Crippen molar-refractivity contribution in [3.63, 3.8) is 0 Å². The molecule has 0 aliphatic carbocycles. The second-order valence-electron chi connectivity index (χ2n) is 5.29. The minimum absolute atomic E-state index is 0.196. The highest BCUT2D eigenvalue weighted by Crippen LogP contribution is 2.17. The lowest BCUT2D eigenvalue weighted by atomic mass is 10.2. The van der Waals surface area contributed by atoms with Crippen molar-refractivity contribution in [3.8, 4) is 5.75 Å². The molecule has 1 N–H and O–H groups in total. The molecule has 1 amide bonds. The van der Waals surface area contributed by atoms with Gasteiger partial charge in [0.05, 0.1) is 10.7 Å². The number of benzene rings is 1. The average molecular weight is 339 g/mol. The van der Waals surface area contributed by atoms with Gasteiger partial charge < -0.3 is 10.1 Å². The van der Waals surface area contributed by atoms with Crippen molar-refractivity contribution in [2.24, 2.45) is 0 Å². The molecule has 3 rings (SSSR count). The van der Waals surface area contributed by atoms with Gasteiger partial charge in [-0.1, -0.05) is 6.07 Å². The molecule has 0 aliphatic heterocycles. The van der Waals surface area contributed by atoms with E-state index in [1.165, 1.54) is 0 Å². The first-order chi connectivity index (χ1) is 11.6. The Labute approximate surface area is 144 Å². The highest BCUT2D eigenvalue weighted by Gasteiger charge is 2.08. The van der Waals surface area contributed by atoms with Gasteiger partial charge in [-0.2, -0.15) is 0 Å². The summed E-state index contributed by atoms with van der Waals surface area (Å²) in [6.07, 6.45) is 1.65. The summed E-state index contributed by atoms with van der Waals surface area (Å²) in [6, 6.07) is 10.8. The molecule has 0 fully saturated rings. The zero-order chi connectivity index (χ0) is 16.9. The van der Waals surface area contributed by atoms with Crippen molar-refractivity contribution in [1.29, 1.82) is 0 Å². The first-order valence-electron chi connectivity index (χ1n) is 7.48. The Bertz CT molecular complexity index is 843. The molecular formula is C18H17N3O2S. The van der Waals surface area contributed by atoms with Crippen LogP contribution in [0.5, 0.6) is 5.75 Å². The summed E-state index contributed by atoms with van der Waals surface area (Å²) in [5.41, 5.74) is 2.38. The van der Waals surface area contributed by atoms with Crippen LogP contribution in [-0.2, 0) is 6.61 Å². The summed E-state index contributed by atoms with van der Waals surface area (Å²) in [6.45, 7) is 4.29. The van der Waals surface area contributed by atoms with Crippen LogP contribution in [-0.4, -0.2) is 15.9 Å². The van der Waals surface area contributed by atoms with Crippen molar-refractivity contribution >= 4 is 23.1 Å². The van der Waals surface area contributed by atoms with Gasteiger partial charge in [-0.15, -0.1) is 11.3 Å². The van der Waals surface area contributed by atoms with E-state index in [4.69, 9.17) is 4.74 Å². The number of aromatic nitrogens is 2. The van der Waals surface area contributed by atoms with E-state index in [0.29, 0.717) is 23.7 Å². The van der Waals surface area contributed by atoms with Crippen LogP contribution in [0.2, 0.25) is 0 Å². The molecule has 6 heteroatoms. The SMILES string of the molecule is Cc1nc(COc2ccc(C(=O)Nc3ncccc3C)cc2)cs1. The number of hydrogen-bond acceptors (Lipinski definition) is 5. The minimum Gasteiger partial charge on any atom is -0.487 e. The van der Waals surface area contributed by atoms with Gasteiger partial charge in [0.1, 0.15) is 18.2 Å². The molecule has 0 radical (unpaired) electrons. The van der Waals surface area contributed by atoms with E-state index >= 15 is 0 Å². The number of amides is 1. The number of nitrogens with zero attached hydrogens (tertiary/aromatic N) is 2. The summed E-state index contributed by atoms with van der Waals surface area (Å²) in [5.74, 6) is 1.08. The summed E-state index contributed by atoms with van der Waals surface area (Å²) in [7, 11) is 0. The van der Waals surface area contributed by atoms with E-state index < -0.39 is 0 Å². The van der Waals surface area contributed by atoms with E-state index in [9.17, 15) is 4.79 Å². The van der Waals surface area contributed by atoms with Gasteiger partial charge in [0.15, 0.2) is 0 Å². The summed E-state index contributed by atoms with van der Waals surface area (Å²) in [4.78, 5) is 20.8. The van der Waals surface area contributed by atoms with Gasteiger partial charge in [-0.25, -0.2) is 9.97 Å². The van der Waals surface area contributed by atoms with E-state index in [1.807, 2.05) is 31.4 Å². The zero-order valence-electron chi connectivity index (χ0n) is 13.4. The molecule has 3 aromatic rings. The Morgan fingerprint density at radius 1 is 1.21 bits per heavy atom. The van der Waals surface area contributed by atoms with Gasteiger partial charge in [0, 0.05) is 17.1 Å². The number of rotatable bonds is 5. The van der Waals surface area contributed by atoms with Crippen molar-refractivity contribution in [2.75, 3.05) is 5.32 Å². The van der Waals surface area contributed by atoms with E-state index in [0.717, 1.165) is 16.3 Å². The Kier molecular flexibility index (Phi) is 4.86. The third-order valence-electron chi connectivity index (χ3n) is 3.41. The van der Waals surface area contributed by atoms with Crippen LogP contribution in [0.25, 0.3) is 0 Å². The predicted molar refractivity (Wildman–Crippen MR) is 94.6 cm³/mol. The van der Waals surface area contributed by atoms with Gasteiger partial charge in [-0.05, 0) is 49.7 Å². The van der Waals surface area contributed by atoms with Crippen LogP contribution < -0.4 is 10.1 Å². The molecule has 0 atom stereocenters. The van der Waals surface area contributed by atoms with Crippen LogP contribution in [0, 0.1) is 13.8 Å². The zero-order valence-corrected chi connectivity index (χ0v) is 14.3. The fourth-order valence-corrected chi connectivity index (χ4v) is 2.73.